The fraction of sp³-hybridized carbons (Fsp3) is 0.182. The van der Waals surface area contributed by atoms with Crippen molar-refractivity contribution in [2.24, 2.45) is 0 Å². The molecule has 0 aliphatic heterocycles. The molecule has 0 bridgehead atoms. The van der Waals surface area contributed by atoms with Gasteiger partial charge >= 0.3 is 0 Å². The molecule has 0 aliphatic rings. The molecule has 0 amide bonds. The number of allylic oxidation sites excluding steroid dienone is 2. The molecule has 0 saturated heterocycles. The van der Waals surface area contributed by atoms with Crippen LogP contribution in [0.25, 0.3) is 10.8 Å². The van der Waals surface area contributed by atoms with E-state index in [-0.39, 0.29) is 0 Å². The number of rotatable bonds is 10. The SMILES string of the molecule is C=CCOc1ccc2c(OCC=C)c(CC=C)ccc2c1CC=C. The lowest BCUT2D eigenvalue weighted by Crippen LogP contribution is -2.01. The summed E-state index contributed by atoms with van der Waals surface area (Å²) in [4.78, 5) is 0. The fourth-order valence-electron chi connectivity index (χ4n) is 2.73. The molecule has 0 aromatic heterocycles. The second kappa shape index (κ2) is 8.78. The average molecular weight is 320 g/mol. The highest BCUT2D eigenvalue weighted by atomic mass is 16.5. The predicted octanol–water partition coefficient (Wildman–Crippen LogP) is 5.43. The van der Waals surface area contributed by atoms with Gasteiger partial charge in [0.1, 0.15) is 24.7 Å². The van der Waals surface area contributed by atoms with Crippen LogP contribution in [0.4, 0.5) is 0 Å². The molecular formula is C22H24O2. The van der Waals surface area contributed by atoms with E-state index in [0.29, 0.717) is 13.2 Å². The van der Waals surface area contributed by atoms with Gasteiger partial charge in [-0.3, -0.25) is 0 Å². The third-order valence-electron chi connectivity index (χ3n) is 3.72. The number of hydrogen-bond donors (Lipinski definition) is 0. The van der Waals surface area contributed by atoms with Crippen LogP contribution in [0, 0.1) is 0 Å². The molecule has 2 heteroatoms. The summed E-state index contributed by atoms with van der Waals surface area (Å²) in [5.74, 6) is 1.74. The molecule has 124 valence electrons. The second-order valence-electron chi connectivity index (χ2n) is 5.38. The van der Waals surface area contributed by atoms with Crippen molar-refractivity contribution in [1.82, 2.24) is 0 Å². The minimum atomic E-state index is 0.467. The Labute approximate surface area is 144 Å². The quantitative estimate of drug-likeness (QED) is 0.544. The first-order valence-electron chi connectivity index (χ1n) is 8.03. The summed E-state index contributed by atoms with van der Waals surface area (Å²) in [5, 5.41) is 2.18. The molecule has 0 heterocycles. The van der Waals surface area contributed by atoms with Crippen molar-refractivity contribution >= 4 is 10.8 Å². The van der Waals surface area contributed by atoms with Gasteiger partial charge in [0.05, 0.1) is 0 Å². The Hall–Kier alpha value is -2.74. The third kappa shape index (κ3) is 3.77. The van der Waals surface area contributed by atoms with Gasteiger partial charge in [-0.05, 0) is 35.9 Å². The Morgan fingerprint density at radius 3 is 2.04 bits per heavy atom. The van der Waals surface area contributed by atoms with Crippen molar-refractivity contribution in [3.05, 3.63) is 86.0 Å². The summed E-state index contributed by atoms with van der Waals surface area (Å²) in [5.41, 5.74) is 2.22. The van der Waals surface area contributed by atoms with Crippen molar-refractivity contribution in [3.63, 3.8) is 0 Å². The molecule has 0 saturated carbocycles. The molecule has 24 heavy (non-hydrogen) atoms. The van der Waals surface area contributed by atoms with Crippen LogP contribution in [0.3, 0.4) is 0 Å². The zero-order chi connectivity index (χ0) is 17.4. The van der Waals surface area contributed by atoms with Crippen molar-refractivity contribution in [2.45, 2.75) is 12.8 Å². The van der Waals surface area contributed by atoms with Gasteiger partial charge in [0.25, 0.3) is 0 Å². The molecule has 2 aromatic carbocycles. The van der Waals surface area contributed by atoms with Crippen LogP contribution < -0.4 is 9.47 Å². The van der Waals surface area contributed by atoms with Crippen LogP contribution in [0.2, 0.25) is 0 Å². The zero-order valence-corrected chi connectivity index (χ0v) is 14.1. The molecule has 2 nitrogen and oxygen atoms in total. The van der Waals surface area contributed by atoms with Crippen LogP contribution >= 0.6 is 0 Å². The van der Waals surface area contributed by atoms with Crippen molar-refractivity contribution in [2.75, 3.05) is 13.2 Å². The molecule has 2 aromatic rings. The zero-order valence-electron chi connectivity index (χ0n) is 14.1. The molecule has 0 fully saturated rings. The van der Waals surface area contributed by atoms with Crippen LogP contribution in [-0.2, 0) is 12.8 Å². The number of hydrogen-bond acceptors (Lipinski definition) is 2. The van der Waals surface area contributed by atoms with E-state index in [0.717, 1.165) is 46.2 Å². The summed E-state index contributed by atoms with van der Waals surface area (Å²) in [6.07, 6.45) is 8.75. The van der Waals surface area contributed by atoms with Gasteiger partial charge in [-0.25, -0.2) is 0 Å². The van der Waals surface area contributed by atoms with E-state index in [1.165, 1.54) is 0 Å². The summed E-state index contributed by atoms with van der Waals surface area (Å²) < 4.78 is 11.8. The highest BCUT2D eigenvalue weighted by Gasteiger charge is 2.14. The highest BCUT2D eigenvalue weighted by molar-refractivity contribution is 5.94. The molecule has 0 N–H and O–H groups in total. The topological polar surface area (TPSA) is 18.5 Å². The largest absolute Gasteiger partial charge is 0.489 e. The number of fused-ring (bicyclic) bond motifs is 1. The second-order valence-corrected chi connectivity index (χ2v) is 5.38. The Morgan fingerprint density at radius 1 is 0.708 bits per heavy atom. The van der Waals surface area contributed by atoms with E-state index in [1.54, 1.807) is 12.2 Å². The molecule has 0 spiro atoms. The Bertz CT molecular complexity index is 756. The molecule has 0 unspecified atom stereocenters. The Balaban J connectivity index is 2.65. The lowest BCUT2D eigenvalue weighted by atomic mass is 9.97. The predicted molar refractivity (Wildman–Crippen MR) is 103 cm³/mol. The van der Waals surface area contributed by atoms with Gasteiger partial charge in [0.2, 0.25) is 0 Å². The Kier molecular flexibility index (Phi) is 6.44. The van der Waals surface area contributed by atoms with E-state index in [2.05, 4.69) is 38.4 Å². The smallest absolute Gasteiger partial charge is 0.131 e. The van der Waals surface area contributed by atoms with Crippen LogP contribution in [0.5, 0.6) is 11.5 Å². The van der Waals surface area contributed by atoms with Crippen molar-refractivity contribution in [3.8, 4) is 11.5 Å². The highest BCUT2D eigenvalue weighted by Crippen LogP contribution is 2.36. The van der Waals surface area contributed by atoms with Crippen molar-refractivity contribution < 1.29 is 9.47 Å². The number of benzene rings is 2. The van der Waals surface area contributed by atoms with E-state index in [1.807, 2.05) is 24.3 Å². The lowest BCUT2D eigenvalue weighted by molar-refractivity contribution is 0.359. The summed E-state index contributed by atoms with van der Waals surface area (Å²) in [6.45, 7) is 16.1. The number of ether oxygens (including phenoxy) is 2. The Morgan fingerprint density at radius 2 is 1.38 bits per heavy atom. The average Bonchev–Trinajstić information content (AvgIpc) is 2.60. The maximum absolute atomic E-state index is 5.96. The monoisotopic (exact) mass is 320 g/mol. The molecule has 0 atom stereocenters. The third-order valence-corrected chi connectivity index (χ3v) is 3.72. The van der Waals surface area contributed by atoms with E-state index in [9.17, 15) is 0 Å². The first kappa shape index (κ1) is 17.6. The standard InChI is InChI=1S/C22H24O2/c1-5-9-17-11-12-18-19(10-6-2)21(23-15-7-3)14-13-20(18)22(17)24-16-8-4/h5-8,11-14H,1-4,9-10,15-16H2. The van der Waals surface area contributed by atoms with Gasteiger partial charge in [0, 0.05) is 10.9 Å². The molecule has 0 radical (unpaired) electrons. The molecule has 2 rings (SSSR count). The summed E-state index contributed by atoms with van der Waals surface area (Å²) >= 11 is 0. The van der Waals surface area contributed by atoms with Crippen LogP contribution in [0.1, 0.15) is 11.1 Å². The normalized spacial score (nSPS) is 10.2. The summed E-state index contributed by atoms with van der Waals surface area (Å²) in [7, 11) is 0. The van der Waals surface area contributed by atoms with E-state index < -0.39 is 0 Å². The maximum atomic E-state index is 5.96. The first-order chi connectivity index (χ1) is 11.8. The van der Waals surface area contributed by atoms with Gasteiger partial charge in [-0.2, -0.15) is 0 Å². The van der Waals surface area contributed by atoms with Crippen LogP contribution in [0.15, 0.2) is 74.9 Å². The summed E-state index contributed by atoms with van der Waals surface area (Å²) in [6, 6.07) is 8.25. The minimum absolute atomic E-state index is 0.467. The van der Waals surface area contributed by atoms with Gasteiger partial charge in [-0.15, -0.1) is 13.2 Å². The van der Waals surface area contributed by atoms with Crippen molar-refractivity contribution in [1.29, 1.82) is 0 Å². The van der Waals surface area contributed by atoms with E-state index >= 15 is 0 Å². The van der Waals surface area contributed by atoms with E-state index in [4.69, 9.17) is 9.47 Å². The van der Waals surface area contributed by atoms with Gasteiger partial charge in [-0.1, -0.05) is 49.6 Å². The maximum Gasteiger partial charge on any atom is 0.131 e. The fourth-order valence-corrected chi connectivity index (χ4v) is 2.73. The molecule has 0 aliphatic carbocycles. The van der Waals surface area contributed by atoms with Gasteiger partial charge in [0.15, 0.2) is 0 Å². The lowest BCUT2D eigenvalue weighted by Gasteiger charge is -2.17. The van der Waals surface area contributed by atoms with Crippen LogP contribution in [-0.4, -0.2) is 13.2 Å². The molecular weight excluding hydrogens is 296 g/mol. The minimum Gasteiger partial charge on any atom is -0.489 e. The first-order valence-corrected chi connectivity index (χ1v) is 8.03. The van der Waals surface area contributed by atoms with Gasteiger partial charge < -0.3 is 9.47 Å².